The zero-order valence-electron chi connectivity index (χ0n) is 9.46. The minimum absolute atomic E-state index is 0.0343. The number of nitrogens with zero attached hydrogens (tertiary/aromatic N) is 3. The van der Waals surface area contributed by atoms with Gasteiger partial charge in [0.05, 0.1) is 37.3 Å². The molecule has 0 aromatic heterocycles. The minimum atomic E-state index is -0.665. The zero-order valence-corrected chi connectivity index (χ0v) is 9.46. The van der Waals surface area contributed by atoms with Crippen molar-refractivity contribution in [1.29, 1.82) is 0 Å². The van der Waals surface area contributed by atoms with Crippen molar-refractivity contribution in [2.24, 2.45) is 10.7 Å². The standard InChI is InChI=1S/C9H14N4O4/c1-11-9(7(6-10)13(15)16)12-3-5-17-4-2-8(12)14/h6H,2-5,10H2,1H3/b7-6+,11-9?. The maximum atomic E-state index is 11.7. The van der Waals surface area contributed by atoms with Gasteiger partial charge in [-0.2, -0.15) is 0 Å². The van der Waals surface area contributed by atoms with Crippen molar-refractivity contribution in [2.45, 2.75) is 6.42 Å². The topological polar surface area (TPSA) is 111 Å². The Labute approximate surface area is 97.9 Å². The fraction of sp³-hybridized carbons (Fsp3) is 0.556. The lowest BCUT2D eigenvalue weighted by molar-refractivity contribution is -0.416. The monoisotopic (exact) mass is 242 g/mol. The molecule has 1 fully saturated rings. The predicted octanol–water partition coefficient (Wildman–Crippen LogP) is -0.660. The van der Waals surface area contributed by atoms with Gasteiger partial charge in [0, 0.05) is 7.05 Å². The van der Waals surface area contributed by atoms with E-state index in [0.717, 1.165) is 6.20 Å². The average Bonchev–Trinajstić information content (AvgIpc) is 2.50. The number of amidine groups is 1. The molecule has 0 aromatic carbocycles. The van der Waals surface area contributed by atoms with E-state index in [9.17, 15) is 14.9 Å². The van der Waals surface area contributed by atoms with Crippen LogP contribution >= 0.6 is 0 Å². The molecule has 17 heavy (non-hydrogen) atoms. The first kappa shape index (κ1) is 13.1. The van der Waals surface area contributed by atoms with Crippen LogP contribution in [0.15, 0.2) is 16.9 Å². The summed E-state index contributed by atoms with van der Waals surface area (Å²) in [5, 5.41) is 10.8. The number of ether oxygens (including phenoxy) is 1. The largest absolute Gasteiger partial charge is 0.399 e. The number of nitrogens with two attached hydrogens (primary N) is 1. The maximum Gasteiger partial charge on any atom is 0.326 e. The Morgan fingerprint density at radius 1 is 1.65 bits per heavy atom. The van der Waals surface area contributed by atoms with Crippen LogP contribution in [-0.4, -0.2) is 48.4 Å². The number of carbonyl (C=O) groups excluding carboxylic acids is 1. The van der Waals surface area contributed by atoms with Crippen molar-refractivity contribution >= 4 is 11.7 Å². The summed E-state index contributed by atoms with van der Waals surface area (Å²) >= 11 is 0. The molecule has 1 rings (SSSR count). The van der Waals surface area contributed by atoms with Gasteiger partial charge in [0.25, 0.3) is 0 Å². The fourth-order valence-corrected chi connectivity index (χ4v) is 1.49. The molecule has 0 saturated carbocycles. The molecule has 0 bridgehead atoms. The molecule has 0 aromatic rings. The maximum absolute atomic E-state index is 11.7. The number of carbonyl (C=O) groups is 1. The molecule has 94 valence electrons. The van der Waals surface area contributed by atoms with Crippen LogP contribution in [0.2, 0.25) is 0 Å². The van der Waals surface area contributed by atoms with Gasteiger partial charge in [-0.1, -0.05) is 0 Å². The molecule has 0 unspecified atom stereocenters. The quantitative estimate of drug-likeness (QED) is 0.299. The molecule has 1 saturated heterocycles. The third-order valence-corrected chi connectivity index (χ3v) is 2.27. The first-order valence-electron chi connectivity index (χ1n) is 5.03. The van der Waals surface area contributed by atoms with E-state index in [0.29, 0.717) is 13.2 Å². The highest BCUT2D eigenvalue weighted by Gasteiger charge is 2.29. The Morgan fingerprint density at radius 3 is 2.88 bits per heavy atom. The van der Waals surface area contributed by atoms with E-state index < -0.39 is 4.92 Å². The smallest absolute Gasteiger partial charge is 0.326 e. The second kappa shape index (κ2) is 5.94. The van der Waals surface area contributed by atoms with Crippen LogP contribution in [-0.2, 0) is 9.53 Å². The molecule has 1 amide bonds. The van der Waals surface area contributed by atoms with Crippen LogP contribution in [0.1, 0.15) is 6.42 Å². The lowest BCUT2D eigenvalue weighted by atomic mass is 10.3. The third-order valence-electron chi connectivity index (χ3n) is 2.27. The first-order chi connectivity index (χ1) is 8.11. The lowest BCUT2D eigenvalue weighted by Gasteiger charge is -2.19. The van der Waals surface area contributed by atoms with Crippen molar-refractivity contribution in [3.8, 4) is 0 Å². The first-order valence-corrected chi connectivity index (χ1v) is 5.03. The second-order valence-corrected chi connectivity index (χ2v) is 3.26. The highest BCUT2D eigenvalue weighted by atomic mass is 16.6. The minimum Gasteiger partial charge on any atom is -0.399 e. The number of rotatable bonds is 2. The Morgan fingerprint density at radius 2 is 2.35 bits per heavy atom. The molecule has 1 heterocycles. The highest BCUT2D eigenvalue weighted by Crippen LogP contribution is 2.09. The van der Waals surface area contributed by atoms with E-state index in [2.05, 4.69) is 4.99 Å². The van der Waals surface area contributed by atoms with Gasteiger partial charge in [-0.15, -0.1) is 0 Å². The number of nitro groups is 1. The van der Waals surface area contributed by atoms with E-state index in [-0.39, 0.29) is 30.4 Å². The summed E-state index contributed by atoms with van der Waals surface area (Å²) in [5.74, 6) is -0.294. The van der Waals surface area contributed by atoms with E-state index in [4.69, 9.17) is 10.5 Å². The molecule has 0 radical (unpaired) electrons. The molecular weight excluding hydrogens is 228 g/mol. The third kappa shape index (κ3) is 3.00. The molecule has 1 aliphatic rings. The van der Waals surface area contributed by atoms with Crippen molar-refractivity contribution in [3.63, 3.8) is 0 Å². The summed E-state index contributed by atoms with van der Waals surface area (Å²) in [6.45, 7) is 0.865. The summed E-state index contributed by atoms with van der Waals surface area (Å²) in [7, 11) is 1.38. The molecule has 8 nitrogen and oxygen atoms in total. The fourth-order valence-electron chi connectivity index (χ4n) is 1.49. The van der Waals surface area contributed by atoms with E-state index in [1.54, 1.807) is 0 Å². The summed E-state index contributed by atoms with van der Waals surface area (Å²) in [6.07, 6.45) is 1.01. The van der Waals surface area contributed by atoms with E-state index >= 15 is 0 Å². The molecule has 0 atom stereocenters. The van der Waals surface area contributed by atoms with Crippen LogP contribution < -0.4 is 5.73 Å². The van der Waals surface area contributed by atoms with Gasteiger partial charge in [-0.05, 0) is 0 Å². The number of hydrogen-bond acceptors (Lipinski definition) is 6. The van der Waals surface area contributed by atoms with Crippen LogP contribution in [0.3, 0.4) is 0 Å². The highest BCUT2D eigenvalue weighted by molar-refractivity contribution is 6.06. The van der Waals surface area contributed by atoms with Gasteiger partial charge >= 0.3 is 5.70 Å². The molecule has 8 heteroatoms. The van der Waals surface area contributed by atoms with Crippen molar-refractivity contribution in [2.75, 3.05) is 26.8 Å². The molecule has 2 N–H and O–H groups in total. The van der Waals surface area contributed by atoms with E-state index in [1.165, 1.54) is 11.9 Å². The number of amides is 1. The van der Waals surface area contributed by atoms with Gasteiger partial charge in [-0.25, -0.2) is 0 Å². The van der Waals surface area contributed by atoms with Crippen molar-refractivity contribution < 1.29 is 14.5 Å². The molecular formula is C9H14N4O4. The summed E-state index contributed by atoms with van der Waals surface area (Å²) in [5.41, 5.74) is 4.80. The number of hydrogen-bond donors (Lipinski definition) is 1. The Balaban J connectivity index is 3.01. The molecule has 1 aliphatic heterocycles. The SMILES string of the molecule is CN=C(/C(=C\N)[N+](=O)[O-])N1CCOCCC1=O. The Kier molecular flexibility index (Phi) is 4.58. The van der Waals surface area contributed by atoms with Crippen molar-refractivity contribution in [3.05, 3.63) is 22.0 Å². The molecule has 0 spiro atoms. The number of aliphatic imine (C=N–C) groups is 1. The lowest BCUT2D eigenvalue weighted by Crippen LogP contribution is -2.40. The zero-order chi connectivity index (χ0) is 12.8. The Bertz CT molecular complexity index is 377. The van der Waals surface area contributed by atoms with Crippen molar-refractivity contribution in [1.82, 2.24) is 4.90 Å². The summed E-state index contributed by atoms with van der Waals surface area (Å²) in [6, 6.07) is 0. The summed E-state index contributed by atoms with van der Waals surface area (Å²) in [4.78, 5) is 26.8. The molecule has 0 aliphatic carbocycles. The van der Waals surface area contributed by atoms with Crippen LogP contribution in [0.25, 0.3) is 0 Å². The van der Waals surface area contributed by atoms with Crippen LogP contribution in [0.5, 0.6) is 0 Å². The predicted molar refractivity (Wildman–Crippen MR) is 59.8 cm³/mol. The Hall–Kier alpha value is -1.96. The van der Waals surface area contributed by atoms with Gasteiger partial charge in [0.15, 0.2) is 0 Å². The van der Waals surface area contributed by atoms with E-state index in [1.807, 2.05) is 0 Å². The van der Waals surface area contributed by atoms with Gasteiger partial charge < -0.3 is 10.5 Å². The average molecular weight is 242 g/mol. The van der Waals surface area contributed by atoms with Gasteiger partial charge in [0.1, 0.15) is 0 Å². The van der Waals surface area contributed by atoms with Crippen LogP contribution in [0, 0.1) is 10.1 Å². The normalized spacial score (nSPS) is 19.1. The van der Waals surface area contributed by atoms with Gasteiger partial charge in [-0.3, -0.25) is 24.8 Å². The van der Waals surface area contributed by atoms with Gasteiger partial charge in [0.2, 0.25) is 11.7 Å². The second-order valence-electron chi connectivity index (χ2n) is 3.26. The van der Waals surface area contributed by atoms with Crippen LogP contribution in [0.4, 0.5) is 0 Å². The summed E-state index contributed by atoms with van der Waals surface area (Å²) < 4.78 is 5.13.